The van der Waals surface area contributed by atoms with Crippen molar-refractivity contribution in [2.45, 2.75) is 44.9 Å². The van der Waals surface area contributed by atoms with Gasteiger partial charge in [0, 0.05) is 29.9 Å². The Kier molecular flexibility index (Phi) is 6.26. The smallest absolute Gasteiger partial charge is 0.259 e. The van der Waals surface area contributed by atoms with Gasteiger partial charge in [-0.3, -0.25) is 4.79 Å². The lowest BCUT2D eigenvalue weighted by Crippen LogP contribution is -2.38. The van der Waals surface area contributed by atoms with Gasteiger partial charge in [-0.25, -0.2) is 9.50 Å². The molecule has 0 radical (unpaired) electrons. The normalized spacial score (nSPS) is 14.0. The van der Waals surface area contributed by atoms with E-state index in [9.17, 15) is 4.79 Å². The van der Waals surface area contributed by atoms with Gasteiger partial charge >= 0.3 is 0 Å². The quantitative estimate of drug-likeness (QED) is 0.370. The molecule has 1 aliphatic rings. The molecule has 0 atom stereocenters. The third-order valence-corrected chi connectivity index (χ3v) is 6.92. The Morgan fingerprint density at radius 1 is 1.21 bits per heavy atom. The summed E-state index contributed by atoms with van der Waals surface area (Å²) in [7, 11) is 1.64. The predicted octanol–water partition coefficient (Wildman–Crippen LogP) is 4.96. The minimum atomic E-state index is -0.0347. The van der Waals surface area contributed by atoms with E-state index >= 15 is 0 Å². The van der Waals surface area contributed by atoms with Gasteiger partial charge in [0.05, 0.1) is 13.3 Å². The molecule has 8 heteroatoms. The molecule has 0 saturated heterocycles. The van der Waals surface area contributed by atoms with E-state index in [4.69, 9.17) is 9.47 Å². The van der Waals surface area contributed by atoms with Crippen molar-refractivity contribution in [3.8, 4) is 11.5 Å². The van der Waals surface area contributed by atoms with E-state index in [2.05, 4.69) is 10.1 Å². The molecule has 3 heterocycles. The number of fused-ring (bicyclic) bond motifs is 1. The zero-order chi connectivity index (χ0) is 22.6. The summed E-state index contributed by atoms with van der Waals surface area (Å²) >= 11 is 1.66. The Morgan fingerprint density at radius 2 is 2.09 bits per heavy atom. The van der Waals surface area contributed by atoms with E-state index in [1.54, 1.807) is 47.6 Å². The van der Waals surface area contributed by atoms with Crippen molar-refractivity contribution in [2.24, 2.45) is 0 Å². The molecule has 0 bridgehead atoms. The summed E-state index contributed by atoms with van der Waals surface area (Å²) in [5.74, 6) is 1.33. The number of carbonyl (C=O) groups is 1. The van der Waals surface area contributed by atoms with Crippen LogP contribution in [0.2, 0.25) is 0 Å². The van der Waals surface area contributed by atoms with Crippen LogP contribution in [0.25, 0.3) is 5.65 Å². The number of hydrogen-bond donors (Lipinski definition) is 0. The maximum absolute atomic E-state index is 13.7. The largest absolute Gasteiger partial charge is 0.493 e. The molecule has 1 aliphatic carbocycles. The van der Waals surface area contributed by atoms with Gasteiger partial charge in [0.25, 0.3) is 5.91 Å². The fourth-order valence-corrected chi connectivity index (χ4v) is 5.00. The molecule has 1 fully saturated rings. The fraction of sp³-hybridized carbons (Fsp3) is 0.320. The number of hydrogen-bond acceptors (Lipinski definition) is 6. The van der Waals surface area contributed by atoms with Gasteiger partial charge in [0.1, 0.15) is 12.2 Å². The van der Waals surface area contributed by atoms with Gasteiger partial charge in [-0.15, -0.1) is 11.3 Å². The number of benzene rings is 1. The van der Waals surface area contributed by atoms with E-state index < -0.39 is 0 Å². The van der Waals surface area contributed by atoms with E-state index in [0.29, 0.717) is 35.9 Å². The Hall–Kier alpha value is -3.39. The summed E-state index contributed by atoms with van der Waals surface area (Å²) < 4.78 is 13.2. The molecule has 170 valence electrons. The van der Waals surface area contributed by atoms with Crippen LogP contribution < -0.4 is 9.47 Å². The maximum Gasteiger partial charge on any atom is 0.259 e. The highest BCUT2D eigenvalue weighted by Crippen LogP contribution is 2.32. The van der Waals surface area contributed by atoms with Crippen molar-refractivity contribution < 1.29 is 14.3 Å². The third-order valence-electron chi connectivity index (χ3n) is 6.07. The standard InChI is InChI=1S/C25H26N4O3S/c1-31-22-10-9-18(14-23(22)32-17-20-8-4-13-33-20)16-28(19-6-2-3-7-19)25(30)21-15-27-29-12-5-11-26-24(21)29/h4-5,8-15,19H,2-3,6-7,16-17H2,1H3. The van der Waals surface area contributed by atoms with Crippen LogP contribution in [-0.2, 0) is 13.2 Å². The number of ether oxygens (including phenoxy) is 2. The summed E-state index contributed by atoms with van der Waals surface area (Å²) in [6.45, 7) is 0.976. The zero-order valence-corrected chi connectivity index (χ0v) is 19.3. The van der Waals surface area contributed by atoms with Gasteiger partial charge in [-0.2, -0.15) is 5.10 Å². The number of aromatic nitrogens is 3. The lowest BCUT2D eigenvalue weighted by Gasteiger charge is -2.29. The number of carbonyl (C=O) groups excluding carboxylic acids is 1. The summed E-state index contributed by atoms with van der Waals surface area (Å²) in [6, 6.07) is 12.0. The first-order valence-corrected chi connectivity index (χ1v) is 12.0. The molecule has 0 unspecified atom stereocenters. The highest BCUT2D eigenvalue weighted by Gasteiger charge is 2.30. The van der Waals surface area contributed by atoms with E-state index in [1.165, 1.54) is 0 Å². The third kappa shape index (κ3) is 4.57. The molecule has 4 aromatic rings. The van der Waals surface area contributed by atoms with Crippen LogP contribution in [0.3, 0.4) is 0 Å². The van der Waals surface area contributed by atoms with Crippen LogP contribution in [0.4, 0.5) is 0 Å². The van der Waals surface area contributed by atoms with Crippen LogP contribution in [0.15, 0.2) is 60.4 Å². The Labute approximate surface area is 196 Å². The summed E-state index contributed by atoms with van der Waals surface area (Å²) in [5, 5.41) is 6.35. The molecule has 3 aromatic heterocycles. The molecule has 1 amide bonds. The zero-order valence-electron chi connectivity index (χ0n) is 18.5. The first kappa shape index (κ1) is 21.5. The van der Waals surface area contributed by atoms with E-state index in [0.717, 1.165) is 36.1 Å². The van der Waals surface area contributed by atoms with Gasteiger partial charge in [0.2, 0.25) is 0 Å². The summed E-state index contributed by atoms with van der Waals surface area (Å²) in [5.41, 5.74) is 2.12. The van der Waals surface area contributed by atoms with Crippen molar-refractivity contribution in [3.63, 3.8) is 0 Å². The Bertz CT molecular complexity index is 1230. The lowest BCUT2D eigenvalue weighted by molar-refractivity contribution is 0.0666. The van der Waals surface area contributed by atoms with Crippen LogP contribution in [0.1, 0.15) is 46.5 Å². The first-order valence-electron chi connectivity index (χ1n) is 11.1. The lowest BCUT2D eigenvalue weighted by atomic mass is 10.1. The monoisotopic (exact) mass is 462 g/mol. The molecule has 7 nitrogen and oxygen atoms in total. The average molecular weight is 463 g/mol. The number of methoxy groups -OCH3 is 1. The van der Waals surface area contributed by atoms with Crippen LogP contribution in [0.5, 0.6) is 11.5 Å². The molecule has 0 aliphatic heterocycles. The van der Waals surface area contributed by atoms with E-state index in [-0.39, 0.29) is 11.9 Å². The second-order valence-corrected chi connectivity index (χ2v) is 9.20. The number of rotatable bonds is 8. The van der Waals surface area contributed by atoms with Gasteiger partial charge in [-0.1, -0.05) is 25.0 Å². The minimum absolute atomic E-state index is 0.0347. The molecular weight excluding hydrogens is 436 g/mol. The minimum Gasteiger partial charge on any atom is -0.493 e. The van der Waals surface area contributed by atoms with Gasteiger partial charge in [0.15, 0.2) is 17.1 Å². The molecular formula is C25H26N4O3S. The van der Waals surface area contributed by atoms with Crippen LogP contribution in [0, 0.1) is 0 Å². The molecule has 1 saturated carbocycles. The van der Waals surface area contributed by atoms with Gasteiger partial charge in [-0.05, 0) is 48.1 Å². The maximum atomic E-state index is 13.7. The van der Waals surface area contributed by atoms with Crippen molar-refractivity contribution in [2.75, 3.05) is 7.11 Å². The first-order chi connectivity index (χ1) is 16.2. The van der Waals surface area contributed by atoms with Crippen LogP contribution in [-0.4, -0.2) is 38.6 Å². The molecule has 0 N–H and O–H groups in total. The SMILES string of the molecule is COc1ccc(CN(C(=O)c2cnn3cccnc23)C2CCCC2)cc1OCc1cccs1. The van der Waals surface area contributed by atoms with Crippen LogP contribution >= 0.6 is 11.3 Å². The molecule has 1 aromatic carbocycles. The Balaban J connectivity index is 1.42. The fourth-order valence-electron chi connectivity index (χ4n) is 4.39. The van der Waals surface area contributed by atoms with Gasteiger partial charge < -0.3 is 14.4 Å². The van der Waals surface area contributed by atoms with Crippen molar-refractivity contribution >= 4 is 22.9 Å². The Morgan fingerprint density at radius 3 is 2.88 bits per heavy atom. The van der Waals surface area contributed by atoms with Crippen molar-refractivity contribution in [1.29, 1.82) is 0 Å². The predicted molar refractivity (Wildman–Crippen MR) is 127 cm³/mol. The molecule has 5 rings (SSSR count). The average Bonchev–Trinajstić information content (AvgIpc) is 3.62. The number of amides is 1. The van der Waals surface area contributed by atoms with Crippen molar-refractivity contribution in [1.82, 2.24) is 19.5 Å². The number of nitrogens with zero attached hydrogens (tertiary/aromatic N) is 4. The summed E-state index contributed by atoms with van der Waals surface area (Å²) in [4.78, 5) is 21.2. The topological polar surface area (TPSA) is 69.0 Å². The summed E-state index contributed by atoms with van der Waals surface area (Å²) in [6.07, 6.45) is 9.41. The molecule has 0 spiro atoms. The highest BCUT2D eigenvalue weighted by molar-refractivity contribution is 7.09. The van der Waals surface area contributed by atoms with Crippen molar-refractivity contribution in [3.05, 3.63) is 76.4 Å². The second-order valence-electron chi connectivity index (χ2n) is 8.17. The second kappa shape index (κ2) is 9.62. The molecule has 33 heavy (non-hydrogen) atoms. The highest BCUT2D eigenvalue weighted by atomic mass is 32.1. The van der Waals surface area contributed by atoms with E-state index in [1.807, 2.05) is 40.6 Å². The number of thiophene rings is 1.